The predicted molar refractivity (Wildman–Crippen MR) is 68.4 cm³/mol. The van der Waals surface area contributed by atoms with Crippen LogP contribution < -0.4 is 5.32 Å². The maximum Gasteiger partial charge on any atom is 0.185 e. The molecule has 0 aromatic carbocycles. The second kappa shape index (κ2) is 5.30. The summed E-state index contributed by atoms with van der Waals surface area (Å²) in [6.45, 7) is 0.797. The number of aromatic nitrogens is 1. The largest absolute Gasteiger partial charge is 0.361 e. The number of nitriles is 1. The summed E-state index contributed by atoms with van der Waals surface area (Å²) in [5.74, 6) is 0. The fraction of sp³-hybridized carbons (Fsp3) is 0.200. The molecule has 0 unspecified atom stereocenters. The van der Waals surface area contributed by atoms with Gasteiger partial charge in [0.25, 0.3) is 0 Å². The van der Waals surface area contributed by atoms with E-state index in [1.807, 2.05) is 6.07 Å². The number of nitrogens with zero attached hydrogens (tertiary/aromatic N) is 2. The van der Waals surface area contributed by atoms with Crippen molar-refractivity contribution in [3.8, 4) is 6.07 Å². The normalized spacial score (nSPS) is 10.0. The number of anilines is 1. The molecule has 3 nitrogen and oxygen atoms in total. The van der Waals surface area contributed by atoms with Crippen molar-refractivity contribution >= 4 is 39.4 Å². The van der Waals surface area contributed by atoms with Crippen molar-refractivity contribution in [1.82, 2.24) is 4.98 Å². The Morgan fingerprint density at radius 2 is 2.44 bits per heavy atom. The molecule has 0 amide bonds. The molecule has 2 heterocycles. The lowest BCUT2D eigenvalue weighted by Crippen LogP contribution is -2.03. The highest BCUT2D eigenvalue weighted by molar-refractivity contribution is 7.16. The predicted octanol–water partition coefficient (Wildman–Crippen LogP) is 3.38. The van der Waals surface area contributed by atoms with E-state index in [0.717, 1.165) is 13.0 Å². The van der Waals surface area contributed by atoms with Gasteiger partial charge in [0.2, 0.25) is 0 Å². The summed E-state index contributed by atoms with van der Waals surface area (Å²) < 4.78 is 0. The molecule has 16 heavy (non-hydrogen) atoms. The second-order valence-corrected chi connectivity index (χ2v) is 5.20. The van der Waals surface area contributed by atoms with Crippen LogP contribution in [0.5, 0.6) is 0 Å². The molecule has 0 saturated carbocycles. The summed E-state index contributed by atoms with van der Waals surface area (Å²) in [5.41, 5.74) is 1.31. The van der Waals surface area contributed by atoms with Gasteiger partial charge in [0.1, 0.15) is 10.9 Å². The summed E-state index contributed by atoms with van der Waals surface area (Å²) in [6, 6.07) is 4.10. The van der Waals surface area contributed by atoms with Gasteiger partial charge in [0.05, 0.1) is 0 Å². The van der Waals surface area contributed by atoms with Gasteiger partial charge in [0, 0.05) is 6.54 Å². The smallest absolute Gasteiger partial charge is 0.185 e. The van der Waals surface area contributed by atoms with E-state index in [9.17, 15) is 0 Å². The molecule has 0 fully saturated rings. The van der Waals surface area contributed by atoms with E-state index in [1.54, 1.807) is 11.3 Å². The molecule has 0 bridgehead atoms. The number of rotatable bonds is 4. The fourth-order valence-corrected chi connectivity index (χ4v) is 2.87. The Labute approximate surface area is 106 Å². The maximum absolute atomic E-state index is 8.72. The van der Waals surface area contributed by atoms with Crippen molar-refractivity contribution in [3.63, 3.8) is 0 Å². The Kier molecular flexibility index (Phi) is 3.78. The first-order chi connectivity index (χ1) is 7.79. The van der Waals surface area contributed by atoms with E-state index in [1.165, 1.54) is 16.9 Å². The molecular formula is C10H8ClN3S2. The minimum atomic E-state index is 0.283. The summed E-state index contributed by atoms with van der Waals surface area (Å²) in [6.07, 6.45) is 0.947. The van der Waals surface area contributed by atoms with Gasteiger partial charge in [-0.15, -0.1) is 0 Å². The quantitative estimate of drug-likeness (QED) is 0.926. The van der Waals surface area contributed by atoms with Crippen molar-refractivity contribution in [2.24, 2.45) is 0 Å². The standard InChI is InChI=1S/C10H8ClN3S2/c11-9-8(5-12)16-10(14-9)13-3-1-7-2-4-15-6-7/h2,4,6H,1,3H2,(H,13,14). The van der Waals surface area contributed by atoms with Gasteiger partial charge in [-0.3, -0.25) is 0 Å². The first kappa shape index (κ1) is 11.4. The van der Waals surface area contributed by atoms with Crippen LogP contribution in [0, 0.1) is 11.3 Å². The molecule has 0 aliphatic heterocycles. The average molecular weight is 270 g/mol. The number of thiophene rings is 1. The molecule has 0 radical (unpaired) electrons. The van der Waals surface area contributed by atoms with E-state index >= 15 is 0 Å². The van der Waals surface area contributed by atoms with E-state index in [-0.39, 0.29) is 5.15 Å². The average Bonchev–Trinajstić information content (AvgIpc) is 2.88. The Bertz CT molecular complexity index is 499. The second-order valence-electron chi connectivity index (χ2n) is 3.06. The van der Waals surface area contributed by atoms with Crippen molar-refractivity contribution in [2.45, 2.75) is 6.42 Å². The monoisotopic (exact) mass is 269 g/mol. The van der Waals surface area contributed by atoms with Crippen LogP contribution in [0.15, 0.2) is 16.8 Å². The van der Waals surface area contributed by atoms with E-state index in [4.69, 9.17) is 16.9 Å². The number of hydrogen-bond donors (Lipinski definition) is 1. The van der Waals surface area contributed by atoms with Crippen LogP contribution in [0.25, 0.3) is 0 Å². The first-order valence-electron chi connectivity index (χ1n) is 4.61. The molecule has 0 saturated heterocycles. The summed E-state index contributed by atoms with van der Waals surface area (Å²) in [7, 11) is 0. The van der Waals surface area contributed by atoms with Crippen LogP contribution in [0.3, 0.4) is 0 Å². The first-order valence-corrected chi connectivity index (χ1v) is 6.74. The zero-order valence-electron chi connectivity index (χ0n) is 8.24. The van der Waals surface area contributed by atoms with Crippen molar-refractivity contribution < 1.29 is 0 Å². The molecule has 2 rings (SSSR count). The lowest BCUT2D eigenvalue weighted by Gasteiger charge is -1.99. The zero-order valence-corrected chi connectivity index (χ0v) is 10.6. The van der Waals surface area contributed by atoms with Crippen LogP contribution in [0.2, 0.25) is 5.15 Å². The Morgan fingerprint density at radius 1 is 1.56 bits per heavy atom. The van der Waals surface area contributed by atoms with Gasteiger partial charge < -0.3 is 5.32 Å². The van der Waals surface area contributed by atoms with E-state index in [2.05, 4.69) is 27.1 Å². The molecule has 0 spiro atoms. The SMILES string of the molecule is N#Cc1sc(NCCc2ccsc2)nc1Cl. The number of hydrogen-bond acceptors (Lipinski definition) is 5. The van der Waals surface area contributed by atoms with Crippen molar-refractivity contribution in [1.29, 1.82) is 5.26 Å². The minimum absolute atomic E-state index is 0.283. The highest BCUT2D eigenvalue weighted by atomic mass is 35.5. The van der Waals surface area contributed by atoms with Gasteiger partial charge in [-0.25, -0.2) is 4.98 Å². The lowest BCUT2D eigenvalue weighted by atomic mass is 10.2. The lowest BCUT2D eigenvalue weighted by molar-refractivity contribution is 1.02. The van der Waals surface area contributed by atoms with E-state index in [0.29, 0.717) is 10.0 Å². The number of nitrogens with one attached hydrogen (secondary N) is 1. The third-order valence-corrected chi connectivity index (χ3v) is 3.99. The molecule has 0 aliphatic rings. The van der Waals surface area contributed by atoms with Crippen molar-refractivity contribution in [2.75, 3.05) is 11.9 Å². The Hall–Kier alpha value is -1.09. The minimum Gasteiger partial charge on any atom is -0.361 e. The highest BCUT2D eigenvalue weighted by Crippen LogP contribution is 2.25. The summed E-state index contributed by atoms with van der Waals surface area (Å²) in [4.78, 5) is 4.51. The number of halogens is 1. The molecule has 2 aromatic heterocycles. The Morgan fingerprint density at radius 3 is 3.06 bits per heavy atom. The van der Waals surface area contributed by atoms with Crippen LogP contribution in [0.4, 0.5) is 5.13 Å². The fourth-order valence-electron chi connectivity index (χ4n) is 1.19. The highest BCUT2D eigenvalue weighted by Gasteiger charge is 2.07. The van der Waals surface area contributed by atoms with Gasteiger partial charge in [-0.05, 0) is 28.8 Å². The molecule has 0 atom stereocenters. The molecule has 6 heteroatoms. The zero-order chi connectivity index (χ0) is 11.4. The van der Waals surface area contributed by atoms with Gasteiger partial charge in [-0.1, -0.05) is 22.9 Å². The summed E-state index contributed by atoms with van der Waals surface area (Å²) >= 11 is 8.74. The third-order valence-electron chi connectivity index (χ3n) is 1.96. The van der Waals surface area contributed by atoms with E-state index < -0.39 is 0 Å². The van der Waals surface area contributed by atoms with Crippen molar-refractivity contribution in [3.05, 3.63) is 32.4 Å². The van der Waals surface area contributed by atoms with Gasteiger partial charge in [0.15, 0.2) is 10.3 Å². The molecule has 82 valence electrons. The molecule has 2 aromatic rings. The summed E-state index contributed by atoms with van der Waals surface area (Å²) in [5, 5.41) is 17.0. The molecular weight excluding hydrogens is 262 g/mol. The van der Waals surface area contributed by atoms with Crippen LogP contribution >= 0.6 is 34.3 Å². The van der Waals surface area contributed by atoms with Gasteiger partial charge >= 0.3 is 0 Å². The maximum atomic E-state index is 8.72. The van der Waals surface area contributed by atoms with Crippen LogP contribution in [-0.4, -0.2) is 11.5 Å². The third kappa shape index (κ3) is 2.73. The van der Waals surface area contributed by atoms with Crippen LogP contribution in [0.1, 0.15) is 10.4 Å². The van der Waals surface area contributed by atoms with Crippen LogP contribution in [-0.2, 0) is 6.42 Å². The molecule has 1 N–H and O–H groups in total. The molecule has 0 aliphatic carbocycles. The number of thiazole rings is 1. The topological polar surface area (TPSA) is 48.7 Å². The Balaban J connectivity index is 1.88. The van der Waals surface area contributed by atoms with Gasteiger partial charge in [-0.2, -0.15) is 16.6 Å².